The molecule has 1 aromatic carbocycles. The summed E-state index contributed by atoms with van der Waals surface area (Å²) in [7, 11) is 1.70. The van der Waals surface area contributed by atoms with Crippen molar-refractivity contribution >= 4 is 5.91 Å². The van der Waals surface area contributed by atoms with Crippen LogP contribution in [-0.2, 0) is 11.3 Å². The molecule has 3 rings (SSSR count). The SMILES string of the molecule is COc1ccc(C[NH+]2CCCC(C(=O)N3CCCCC3)C2)cc1. The van der Waals surface area contributed by atoms with E-state index in [1.807, 2.05) is 12.1 Å². The van der Waals surface area contributed by atoms with Crippen molar-refractivity contribution in [2.75, 3.05) is 33.3 Å². The summed E-state index contributed by atoms with van der Waals surface area (Å²) in [5, 5.41) is 0. The lowest BCUT2D eigenvalue weighted by molar-refractivity contribution is -0.921. The van der Waals surface area contributed by atoms with Crippen LogP contribution in [0.3, 0.4) is 0 Å². The Balaban J connectivity index is 1.55. The Kier molecular flexibility index (Phi) is 5.55. The summed E-state index contributed by atoms with van der Waals surface area (Å²) in [6.45, 7) is 5.12. The monoisotopic (exact) mass is 317 g/mol. The summed E-state index contributed by atoms with van der Waals surface area (Å²) >= 11 is 0. The zero-order valence-electron chi connectivity index (χ0n) is 14.2. The van der Waals surface area contributed by atoms with Gasteiger partial charge in [0, 0.05) is 18.7 Å². The minimum atomic E-state index is 0.232. The Morgan fingerprint density at radius 3 is 2.61 bits per heavy atom. The molecule has 0 aromatic heterocycles. The second-order valence-electron chi connectivity index (χ2n) is 6.95. The predicted molar refractivity (Wildman–Crippen MR) is 90.5 cm³/mol. The molecule has 2 aliphatic heterocycles. The first-order valence-corrected chi connectivity index (χ1v) is 9.01. The number of piperidine rings is 2. The standard InChI is InChI=1S/C19H28N2O2/c1-23-18-9-7-16(8-10-18)14-20-11-5-6-17(15-20)19(22)21-12-3-2-4-13-21/h7-10,17H,2-6,11-15H2,1H3/p+1. The lowest BCUT2D eigenvalue weighted by atomic mass is 9.95. The van der Waals surface area contributed by atoms with Gasteiger partial charge in [0.1, 0.15) is 12.3 Å². The van der Waals surface area contributed by atoms with Crippen LogP contribution in [-0.4, -0.2) is 44.1 Å². The molecule has 126 valence electrons. The molecule has 2 atom stereocenters. The van der Waals surface area contributed by atoms with Crippen LogP contribution in [0.2, 0.25) is 0 Å². The highest BCUT2D eigenvalue weighted by molar-refractivity contribution is 5.79. The maximum Gasteiger partial charge on any atom is 0.231 e. The van der Waals surface area contributed by atoms with Crippen LogP contribution in [0.1, 0.15) is 37.7 Å². The Bertz CT molecular complexity index is 509. The van der Waals surface area contributed by atoms with E-state index < -0.39 is 0 Å². The molecule has 0 bridgehead atoms. The lowest BCUT2D eigenvalue weighted by Gasteiger charge is -2.34. The molecule has 0 radical (unpaired) electrons. The molecule has 2 unspecified atom stereocenters. The second kappa shape index (κ2) is 7.82. The Morgan fingerprint density at radius 1 is 1.17 bits per heavy atom. The van der Waals surface area contributed by atoms with Gasteiger partial charge >= 0.3 is 0 Å². The average Bonchev–Trinajstić information content (AvgIpc) is 2.63. The van der Waals surface area contributed by atoms with Gasteiger partial charge in [-0.3, -0.25) is 4.79 Å². The van der Waals surface area contributed by atoms with Gasteiger partial charge < -0.3 is 14.5 Å². The molecule has 1 amide bonds. The molecule has 4 heteroatoms. The van der Waals surface area contributed by atoms with E-state index in [1.165, 1.54) is 36.3 Å². The van der Waals surface area contributed by atoms with Crippen molar-refractivity contribution in [3.63, 3.8) is 0 Å². The summed E-state index contributed by atoms with van der Waals surface area (Å²) in [5.41, 5.74) is 1.33. The number of benzene rings is 1. The normalized spacial score (nSPS) is 25.2. The number of methoxy groups -OCH3 is 1. The fourth-order valence-corrected chi connectivity index (χ4v) is 3.93. The minimum Gasteiger partial charge on any atom is -0.497 e. The van der Waals surface area contributed by atoms with E-state index in [2.05, 4.69) is 17.0 Å². The summed E-state index contributed by atoms with van der Waals surface area (Å²) in [5.74, 6) is 1.55. The van der Waals surface area contributed by atoms with Gasteiger partial charge in [-0.15, -0.1) is 0 Å². The van der Waals surface area contributed by atoms with E-state index in [9.17, 15) is 4.79 Å². The highest BCUT2D eigenvalue weighted by Crippen LogP contribution is 2.17. The number of carbonyl (C=O) groups excluding carboxylic acids is 1. The van der Waals surface area contributed by atoms with E-state index in [0.29, 0.717) is 5.91 Å². The number of nitrogens with one attached hydrogen (secondary N) is 1. The second-order valence-corrected chi connectivity index (χ2v) is 6.95. The zero-order valence-corrected chi connectivity index (χ0v) is 14.2. The largest absolute Gasteiger partial charge is 0.497 e. The number of ether oxygens (including phenoxy) is 1. The molecular weight excluding hydrogens is 288 g/mol. The molecule has 2 fully saturated rings. The van der Waals surface area contributed by atoms with Crippen LogP contribution >= 0.6 is 0 Å². The van der Waals surface area contributed by atoms with Gasteiger partial charge in [-0.25, -0.2) is 0 Å². The Hall–Kier alpha value is -1.55. The number of rotatable bonds is 4. The summed E-state index contributed by atoms with van der Waals surface area (Å²) < 4.78 is 5.22. The molecule has 1 aromatic rings. The van der Waals surface area contributed by atoms with Crippen molar-refractivity contribution in [1.29, 1.82) is 0 Å². The number of quaternary nitrogens is 1. The maximum absolute atomic E-state index is 12.7. The van der Waals surface area contributed by atoms with E-state index >= 15 is 0 Å². The van der Waals surface area contributed by atoms with Gasteiger partial charge in [-0.1, -0.05) is 0 Å². The third kappa shape index (κ3) is 4.25. The number of likely N-dealkylation sites (tertiary alicyclic amines) is 2. The Labute approximate surface area is 139 Å². The number of hydrogen-bond donors (Lipinski definition) is 1. The topological polar surface area (TPSA) is 34.0 Å². The van der Waals surface area contributed by atoms with Crippen LogP contribution in [0.15, 0.2) is 24.3 Å². The van der Waals surface area contributed by atoms with Gasteiger partial charge in [0.05, 0.1) is 26.1 Å². The summed E-state index contributed by atoms with van der Waals surface area (Å²) in [6, 6.07) is 8.33. The minimum absolute atomic E-state index is 0.232. The molecule has 1 N–H and O–H groups in total. The van der Waals surface area contributed by atoms with Crippen LogP contribution in [0.4, 0.5) is 0 Å². The van der Waals surface area contributed by atoms with E-state index in [4.69, 9.17) is 4.74 Å². The van der Waals surface area contributed by atoms with E-state index in [-0.39, 0.29) is 5.92 Å². The third-order valence-corrected chi connectivity index (χ3v) is 5.25. The fourth-order valence-electron chi connectivity index (χ4n) is 3.93. The van der Waals surface area contributed by atoms with E-state index in [0.717, 1.165) is 44.8 Å². The maximum atomic E-state index is 12.7. The summed E-state index contributed by atoms with van der Waals surface area (Å²) in [4.78, 5) is 16.4. The molecular formula is C19H29N2O2+. The third-order valence-electron chi connectivity index (χ3n) is 5.25. The van der Waals surface area contributed by atoms with Gasteiger partial charge in [0.2, 0.25) is 5.91 Å². The van der Waals surface area contributed by atoms with Crippen molar-refractivity contribution < 1.29 is 14.4 Å². The molecule has 23 heavy (non-hydrogen) atoms. The molecule has 0 aliphatic carbocycles. The van der Waals surface area contributed by atoms with Gasteiger partial charge in [0.25, 0.3) is 0 Å². The van der Waals surface area contributed by atoms with Crippen molar-refractivity contribution in [1.82, 2.24) is 4.90 Å². The predicted octanol–water partition coefficient (Wildman–Crippen LogP) is 1.50. The van der Waals surface area contributed by atoms with Gasteiger partial charge in [-0.05, 0) is 56.4 Å². The number of hydrogen-bond acceptors (Lipinski definition) is 2. The fraction of sp³-hybridized carbons (Fsp3) is 0.632. The number of amides is 1. The smallest absolute Gasteiger partial charge is 0.231 e. The Morgan fingerprint density at radius 2 is 1.91 bits per heavy atom. The molecule has 2 aliphatic rings. The molecule has 2 heterocycles. The van der Waals surface area contributed by atoms with E-state index in [1.54, 1.807) is 7.11 Å². The van der Waals surface area contributed by atoms with Crippen molar-refractivity contribution in [3.8, 4) is 5.75 Å². The van der Waals surface area contributed by atoms with Crippen LogP contribution in [0.5, 0.6) is 5.75 Å². The van der Waals surface area contributed by atoms with Crippen molar-refractivity contribution in [2.45, 2.75) is 38.6 Å². The zero-order chi connectivity index (χ0) is 16.1. The first kappa shape index (κ1) is 16.3. The number of nitrogens with zero attached hydrogens (tertiary/aromatic N) is 1. The van der Waals surface area contributed by atoms with Crippen LogP contribution < -0.4 is 9.64 Å². The van der Waals surface area contributed by atoms with Crippen LogP contribution in [0, 0.1) is 5.92 Å². The molecule has 2 saturated heterocycles. The molecule has 0 spiro atoms. The lowest BCUT2D eigenvalue weighted by Crippen LogP contribution is -3.12. The van der Waals surface area contributed by atoms with Gasteiger partial charge in [0.15, 0.2) is 0 Å². The molecule has 0 saturated carbocycles. The first-order chi connectivity index (χ1) is 11.3. The van der Waals surface area contributed by atoms with Gasteiger partial charge in [-0.2, -0.15) is 0 Å². The quantitative estimate of drug-likeness (QED) is 0.913. The first-order valence-electron chi connectivity index (χ1n) is 9.01. The van der Waals surface area contributed by atoms with Crippen LogP contribution in [0.25, 0.3) is 0 Å². The number of carbonyl (C=O) groups is 1. The highest BCUT2D eigenvalue weighted by atomic mass is 16.5. The van der Waals surface area contributed by atoms with Crippen molar-refractivity contribution in [3.05, 3.63) is 29.8 Å². The summed E-state index contributed by atoms with van der Waals surface area (Å²) in [6.07, 6.45) is 5.88. The van der Waals surface area contributed by atoms with Crippen molar-refractivity contribution in [2.24, 2.45) is 5.92 Å². The molecule has 4 nitrogen and oxygen atoms in total. The average molecular weight is 317 g/mol. The highest BCUT2D eigenvalue weighted by Gasteiger charge is 2.32.